The Morgan fingerprint density at radius 3 is 2.80 bits per heavy atom. The summed E-state index contributed by atoms with van der Waals surface area (Å²) in [5.74, 6) is 1.13. The summed E-state index contributed by atoms with van der Waals surface area (Å²) in [6.07, 6.45) is 4.05. The lowest BCUT2D eigenvalue weighted by atomic mass is 10.6. The fourth-order valence-corrected chi connectivity index (χ4v) is 2.69. The van der Waals surface area contributed by atoms with Gasteiger partial charge in [-0.05, 0) is 6.42 Å². The molecule has 0 saturated carbocycles. The number of rotatable bonds is 6. The first-order valence-electron chi connectivity index (χ1n) is 4.99. The Balaban J connectivity index is 2.57. The molecule has 0 fully saturated rings. The van der Waals surface area contributed by atoms with E-state index in [2.05, 4.69) is 4.98 Å². The van der Waals surface area contributed by atoms with Crippen molar-refractivity contribution >= 4 is 9.84 Å². The van der Waals surface area contributed by atoms with Crippen molar-refractivity contribution in [2.75, 3.05) is 11.5 Å². The summed E-state index contributed by atoms with van der Waals surface area (Å²) in [6.45, 7) is 2.63. The maximum atomic E-state index is 11.5. The van der Waals surface area contributed by atoms with Gasteiger partial charge in [0.1, 0.15) is 5.82 Å². The smallest absolute Gasteiger partial charge is 0.152 e. The van der Waals surface area contributed by atoms with Crippen LogP contribution in [-0.2, 0) is 22.9 Å². The van der Waals surface area contributed by atoms with E-state index in [1.54, 1.807) is 17.0 Å². The lowest BCUT2D eigenvalue weighted by Crippen LogP contribution is -2.17. The number of nitrogens with two attached hydrogens (primary N) is 1. The molecule has 0 radical (unpaired) electrons. The summed E-state index contributed by atoms with van der Waals surface area (Å²) in [4.78, 5) is 4.02. The second-order valence-electron chi connectivity index (χ2n) is 3.39. The van der Waals surface area contributed by atoms with Crippen LogP contribution in [0, 0.1) is 0 Å². The van der Waals surface area contributed by atoms with Crippen LogP contribution in [-0.4, -0.2) is 29.5 Å². The van der Waals surface area contributed by atoms with Gasteiger partial charge in [-0.3, -0.25) is 0 Å². The van der Waals surface area contributed by atoms with Crippen molar-refractivity contribution in [1.29, 1.82) is 0 Å². The molecule has 6 heteroatoms. The molecule has 1 heterocycles. The maximum Gasteiger partial charge on any atom is 0.152 e. The van der Waals surface area contributed by atoms with Crippen molar-refractivity contribution in [1.82, 2.24) is 9.55 Å². The Morgan fingerprint density at radius 1 is 1.47 bits per heavy atom. The predicted octanol–water partition coefficient (Wildman–Crippen LogP) is 0.167. The molecule has 0 aliphatic rings. The minimum atomic E-state index is -2.92. The van der Waals surface area contributed by atoms with Gasteiger partial charge in [-0.2, -0.15) is 0 Å². The number of hydrogen-bond acceptors (Lipinski definition) is 4. The molecular formula is C9H17N3O2S. The number of imidazole rings is 1. The third-order valence-electron chi connectivity index (χ3n) is 2.14. The molecule has 0 aromatic carbocycles. The highest BCUT2D eigenvalue weighted by molar-refractivity contribution is 7.91. The standard InChI is InChI=1S/C9H17N3O2S/c1-2-6-15(13,14)7-5-12-4-3-11-9(12)8-10/h3-4H,2,5-8,10H2,1H3. The zero-order valence-corrected chi connectivity index (χ0v) is 9.70. The average molecular weight is 231 g/mol. The quantitative estimate of drug-likeness (QED) is 0.757. The van der Waals surface area contributed by atoms with E-state index in [1.807, 2.05) is 6.92 Å². The molecule has 2 N–H and O–H groups in total. The van der Waals surface area contributed by atoms with Gasteiger partial charge in [-0.1, -0.05) is 6.92 Å². The summed E-state index contributed by atoms with van der Waals surface area (Å²) in [5.41, 5.74) is 5.46. The normalized spacial score (nSPS) is 11.9. The van der Waals surface area contributed by atoms with Gasteiger partial charge in [-0.15, -0.1) is 0 Å². The van der Waals surface area contributed by atoms with Crippen molar-refractivity contribution in [3.63, 3.8) is 0 Å². The Labute approximate surface area is 90.2 Å². The maximum absolute atomic E-state index is 11.5. The molecule has 1 aromatic heterocycles. The van der Waals surface area contributed by atoms with Gasteiger partial charge in [0.25, 0.3) is 0 Å². The Morgan fingerprint density at radius 2 is 2.20 bits per heavy atom. The van der Waals surface area contributed by atoms with Gasteiger partial charge in [0.15, 0.2) is 9.84 Å². The zero-order valence-electron chi connectivity index (χ0n) is 8.89. The molecule has 1 aromatic rings. The van der Waals surface area contributed by atoms with E-state index in [9.17, 15) is 8.42 Å². The second kappa shape index (κ2) is 5.27. The molecule has 0 aliphatic carbocycles. The highest BCUT2D eigenvalue weighted by Crippen LogP contribution is 2.00. The largest absolute Gasteiger partial charge is 0.333 e. The van der Waals surface area contributed by atoms with Crippen molar-refractivity contribution in [3.8, 4) is 0 Å². The van der Waals surface area contributed by atoms with Crippen LogP contribution in [0.5, 0.6) is 0 Å². The van der Waals surface area contributed by atoms with E-state index >= 15 is 0 Å². The van der Waals surface area contributed by atoms with Gasteiger partial charge in [0.05, 0.1) is 12.3 Å². The van der Waals surface area contributed by atoms with Crippen molar-refractivity contribution in [2.24, 2.45) is 5.73 Å². The SMILES string of the molecule is CCCS(=O)(=O)CCn1ccnc1CN. The Bertz CT molecular complexity index is 397. The van der Waals surface area contributed by atoms with E-state index in [1.165, 1.54) is 0 Å². The fourth-order valence-electron chi connectivity index (χ4n) is 1.38. The average Bonchev–Trinajstić information content (AvgIpc) is 2.62. The zero-order chi connectivity index (χ0) is 11.3. The molecule has 0 spiro atoms. The van der Waals surface area contributed by atoms with Crippen LogP contribution in [0.4, 0.5) is 0 Å². The van der Waals surface area contributed by atoms with Crippen molar-refractivity contribution in [3.05, 3.63) is 18.2 Å². The van der Waals surface area contributed by atoms with E-state index < -0.39 is 9.84 Å². The van der Waals surface area contributed by atoms with Gasteiger partial charge in [-0.25, -0.2) is 13.4 Å². The lowest BCUT2D eigenvalue weighted by Gasteiger charge is -2.06. The topological polar surface area (TPSA) is 78.0 Å². The van der Waals surface area contributed by atoms with Crippen LogP contribution < -0.4 is 5.73 Å². The molecule has 86 valence electrons. The third kappa shape index (κ3) is 3.64. The van der Waals surface area contributed by atoms with Gasteiger partial charge >= 0.3 is 0 Å². The van der Waals surface area contributed by atoms with Gasteiger partial charge in [0, 0.05) is 24.7 Å². The van der Waals surface area contributed by atoms with E-state index in [0.717, 1.165) is 5.82 Å². The molecular weight excluding hydrogens is 214 g/mol. The molecule has 0 aliphatic heterocycles. The molecule has 1 rings (SSSR count). The minimum Gasteiger partial charge on any atom is -0.333 e. The van der Waals surface area contributed by atoms with E-state index in [4.69, 9.17) is 5.73 Å². The number of aryl methyl sites for hydroxylation is 1. The molecule has 0 saturated heterocycles. The number of nitrogens with zero attached hydrogens (tertiary/aromatic N) is 2. The number of aromatic nitrogens is 2. The summed E-state index contributed by atoms with van der Waals surface area (Å²) in [5, 5.41) is 0. The lowest BCUT2D eigenvalue weighted by molar-refractivity contribution is 0.585. The summed E-state index contributed by atoms with van der Waals surface area (Å²) in [6, 6.07) is 0. The second-order valence-corrected chi connectivity index (χ2v) is 5.70. The molecule has 0 bridgehead atoms. The monoisotopic (exact) mass is 231 g/mol. The molecule has 0 atom stereocenters. The van der Waals surface area contributed by atoms with Crippen molar-refractivity contribution in [2.45, 2.75) is 26.4 Å². The Hall–Kier alpha value is -0.880. The number of hydrogen-bond donors (Lipinski definition) is 1. The molecule has 5 nitrogen and oxygen atoms in total. The third-order valence-corrected chi connectivity index (χ3v) is 3.98. The Kier molecular flexibility index (Phi) is 4.28. The van der Waals surface area contributed by atoms with Crippen LogP contribution in [0.1, 0.15) is 19.2 Å². The summed E-state index contributed by atoms with van der Waals surface area (Å²) < 4.78 is 24.7. The minimum absolute atomic E-state index is 0.157. The van der Waals surface area contributed by atoms with Gasteiger partial charge in [0.2, 0.25) is 0 Å². The highest BCUT2D eigenvalue weighted by Gasteiger charge is 2.10. The first kappa shape index (κ1) is 12.2. The van der Waals surface area contributed by atoms with Crippen LogP contribution in [0.3, 0.4) is 0 Å². The molecule has 15 heavy (non-hydrogen) atoms. The van der Waals surface area contributed by atoms with Crippen LogP contribution in [0.2, 0.25) is 0 Å². The van der Waals surface area contributed by atoms with E-state index in [-0.39, 0.29) is 11.5 Å². The van der Waals surface area contributed by atoms with Gasteiger partial charge < -0.3 is 10.3 Å². The number of sulfone groups is 1. The summed E-state index contributed by atoms with van der Waals surface area (Å²) >= 11 is 0. The highest BCUT2D eigenvalue weighted by atomic mass is 32.2. The first-order chi connectivity index (χ1) is 7.09. The van der Waals surface area contributed by atoms with Crippen LogP contribution in [0.25, 0.3) is 0 Å². The van der Waals surface area contributed by atoms with Crippen molar-refractivity contribution < 1.29 is 8.42 Å². The van der Waals surface area contributed by atoms with E-state index in [0.29, 0.717) is 19.5 Å². The fraction of sp³-hybridized carbons (Fsp3) is 0.667. The summed E-state index contributed by atoms with van der Waals surface area (Å²) in [7, 11) is -2.92. The molecule has 0 unspecified atom stereocenters. The molecule has 0 amide bonds. The van der Waals surface area contributed by atoms with Crippen LogP contribution >= 0.6 is 0 Å². The predicted molar refractivity (Wildman–Crippen MR) is 59.1 cm³/mol. The van der Waals surface area contributed by atoms with Crippen LogP contribution in [0.15, 0.2) is 12.4 Å². The first-order valence-corrected chi connectivity index (χ1v) is 6.81.